The molecule has 0 fully saturated rings. The Morgan fingerprint density at radius 3 is 2.73 bits per heavy atom. The van der Waals surface area contributed by atoms with Crippen molar-refractivity contribution < 1.29 is 5.11 Å². The monoisotopic (exact) mass is 151 g/mol. The number of nitrogens with zero attached hydrogens (tertiary/aromatic N) is 1. The Kier molecular flexibility index (Phi) is 2.04. The molecule has 0 atom stereocenters. The van der Waals surface area contributed by atoms with Crippen LogP contribution in [0.25, 0.3) is 0 Å². The Morgan fingerprint density at radius 2 is 2.36 bits per heavy atom. The third-order valence-electron chi connectivity index (χ3n) is 1.33. The summed E-state index contributed by atoms with van der Waals surface area (Å²) in [6, 6.07) is 0. The van der Waals surface area contributed by atoms with E-state index in [0.717, 1.165) is 5.70 Å². The molecule has 0 aromatic heterocycles. The van der Waals surface area contributed by atoms with Gasteiger partial charge in [-0.05, 0) is 13.8 Å². The summed E-state index contributed by atoms with van der Waals surface area (Å²) in [5.74, 6) is 1.83. The zero-order valence-electron chi connectivity index (χ0n) is 6.83. The standard InChI is InChI=1S/C7H12BN2O/c1-7(2,11)3-5-4-8-6(9)10-5/h4,11H,3H2,1-2H3,(H2,9,10). The number of aliphatic hydroxyl groups is 1. The highest BCUT2D eigenvalue weighted by Crippen LogP contribution is 2.17. The van der Waals surface area contributed by atoms with Crippen molar-refractivity contribution in [3.05, 3.63) is 11.7 Å². The van der Waals surface area contributed by atoms with E-state index in [1.165, 1.54) is 0 Å². The second kappa shape index (κ2) is 2.70. The first kappa shape index (κ1) is 8.33. The van der Waals surface area contributed by atoms with Gasteiger partial charge in [0, 0.05) is 12.1 Å². The SMILES string of the molecule is CC(C)(O)CC1=C[B]C(N)=N1. The average Bonchev–Trinajstić information content (AvgIpc) is 2.10. The second-order valence-electron chi connectivity index (χ2n) is 3.35. The molecule has 3 nitrogen and oxygen atoms in total. The molecule has 1 rings (SSSR count). The van der Waals surface area contributed by atoms with Gasteiger partial charge in [0.1, 0.15) is 0 Å². The van der Waals surface area contributed by atoms with Crippen LogP contribution in [0.3, 0.4) is 0 Å². The average molecular weight is 151 g/mol. The van der Waals surface area contributed by atoms with Gasteiger partial charge in [-0.3, -0.25) is 4.99 Å². The van der Waals surface area contributed by atoms with Gasteiger partial charge in [0.2, 0.25) is 7.28 Å². The van der Waals surface area contributed by atoms with Crippen LogP contribution < -0.4 is 5.73 Å². The molecule has 3 N–H and O–H groups in total. The molecule has 11 heavy (non-hydrogen) atoms. The highest BCUT2D eigenvalue weighted by Gasteiger charge is 2.17. The summed E-state index contributed by atoms with van der Waals surface area (Å²) in [6.45, 7) is 3.50. The Labute approximate surface area is 67.3 Å². The van der Waals surface area contributed by atoms with Gasteiger partial charge in [0.15, 0.2) is 0 Å². The van der Waals surface area contributed by atoms with Crippen molar-refractivity contribution in [2.45, 2.75) is 25.9 Å². The van der Waals surface area contributed by atoms with Crippen LogP contribution in [0.2, 0.25) is 0 Å². The predicted octanol–water partition coefficient (Wildman–Crippen LogP) is 0.0213. The Bertz CT molecular complexity index is 215. The molecule has 1 heterocycles. The number of nitrogens with two attached hydrogens (primary N) is 1. The first-order valence-corrected chi connectivity index (χ1v) is 3.58. The molecule has 0 saturated carbocycles. The van der Waals surface area contributed by atoms with Crippen molar-refractivity contribution in [1.29, 1.82) is 0 Å². The topological polar surface area (TPSA) is 58.6 Å². The maximum Gasteiger partial charge on any atom is 0.232 e. The first-order chi connectivity index (χ1) is 4.97. The minimum absolute atomic E-state index is 0.518. The number of rotatable bonds is 2. The van der Waals surface area contributed by atoms with Crippen LogP contribution in [0.15, 0.2) is 16.7 Å². The summed E-state index contributed by atoms with van der Waals surface area (Å²) < 4.78 is 0. The van der Waals surface area contributed by atoms with Gasteiger partial charge < -0.3 is 10.8 Å². The maximum absolute atomic E-state index is 9.40. The van der Waals surface area contributed by atoms with E-state index in [1.54, 1.807) is 21.1 Å². The van der Waals surface area contributed by atoms with Gasteiger partial charge >= 0.3 is 0 Å². The lowest BCUT2D eigenvalue weighted by atomic mass is 9.78. The fourth-order valence-corrected chi connectivity index (χ4v) is 0.964. The number of hydrogen-bond acceptors (Lipinski definition) is 3. The summed E-state index contributed by atoms with van der Waals surface area (Å²) in [4.78, 5) is 4.01. The number of amidine groups is 1. The highest BCUT2D eigenvalue weighted by molar-refractivity contribution is 6.79. The zero-order valence-corrected chi connectivity index (χ0v) is 6.83. The second-order valence-corrected chi connectivity index (χ2v) is 3.35. The van der Waals surface area contributed by atoms with Gasteiger partial charge in [-0.1, -0.05) is 5.98 Å². The molecule has 0 saturated heterocycles. The fourth-order valence-electron chi connectivity index (χ4n) is 0.964. The van der Waals surface area contributed by atoms with E-state index in [9.17, 15) is 5.11 Å². The van der Waals surface area contributed by atoms with Crippen LogP contribution in [-0.2, 0) is 0 Å². The molecular weight excluding hydrogens is 139 g/mol. The van der Waals surface area contributed by atoms with Crippen molar-refractivity contribution in [2.75, 3.05) is 0 Å². The third-order valence-corrected chi connectivity index (χ3v) is 1.33. The van der Waals surface area contributed by atoms with Crippen LogP contribution >= 0.6 is 0 Å². The lowest BCUT2D eigenvalue weighted by Crippen LogP contribution is -2.18. The van der Waals surface area contributed by atoms with Crippen molar-refractivity contribution in [1.82, 2.24) is 0 Å². The van der Waals surface area contributed by atoms with Crippen LogP contribution in [0.5, 0.6) is 0 Å². The van der Waals surface area contributed by atoms with Gasteiger partial charge in [0.05, 0.1) is 11.3 Å². The van der Waals surface area contributed by atoms with E-state index < -0.39 is 5.60 Å². The van der Waals surface area contributed by atoms with Crippen molar-refractivity contribution in [2.24, 2.45) is 10.7 Å². The molecule has 1 aliphatic heterocycles. The predicted molar refractivity (Wildman–Crippen MR) is 46.4 cm³/mol. The van der Waals surface area contributed by atoms with E-state index >= 15 is 0 Å². The van der Waals surface area contributed by atoms with Crippen molar-refractivity contribution in [3.8, 4) is 0 Å². The van der Waals surface area contributed by atoms with Crippen LogP contribution in [0.1, 0.15) is 20.3 Å². The lowest BCUT2D eigenvalue weighted by molar-refractivity contribution is 0.0808. The van der Waals surface area contributed by atoms with Crippen LogP contribution in [-0.4, -0.2) is 23.7 Å². The van der Waals surface area contributed by atoms with Gasteiger partial charge in [-0.25, -0.2) is 0 Å². The van der Waals surface area contributed by atoms with Gasteiger partial charge in [-0.2, -0.15) is 0 Å². The smallest absolute Gasteiger partial charge is 0.232 e. The summed E-state index contributed by atoms with van der Waals surface area (Å²) in [5.41, 5.74) is 6.06. The van der Waals surface area contributed by atoms with Gasteiger partial charge in [-0.15, -0.1) is 0 Å². The minimum atomic E-state index is -0.701. The molecule has 0 bridgehead atoms. The molecule has 59 valence electrons. The van der Waals surface area contributed by atoms with Gasteiger partial charge in [0.25, 0.3) is 0 Å². The minimum Gasteiger partial charge on any atom is -0.395 e. The van der Waals surface area contributed by atoms with E-state index in [0.29, 0.717) is 12.2 Å². The molecule has 0 unspecified atom stereocenters. The lowest BCUT2D eigenvalue weighted by Gasteiger charge is -2.15. The van der Waals surface area contributed by atoms with E-state index in [-0.39, 0.29) is 0 Å². The summed E-state index contributed by atoms with van der Waals surface area (Å²) in [7, 11) is 1.74. The molecule has 0 aliphatic carbocycles. The highest BCUT2D eigenvalue weighted by atomic mass is 16.3. The van der Waals surface area contributed by atoms with Crippen LogP contribution in [0, 0.1) is 0 Å². The van der Waals surface area contributed by atoms with E-state index in [1.807, 2.05) is 5.98 Å². The summed E-state index contributed by atoms with van der Waals surface area (Å²) >= 11 is 0. The Hall–Kier alpha value is -0.765. The molecule has 0 aromatic rings. The molecule has 0 amide bonds. The van der Waals surface area contributed by atoms with Crippen molar-refractivity contribution in [3.63, 3.8) is 0 Å². The Morgan fingerprint density at radius 1 is 1.73 bits per heavy atom. The zero-order chi connectivity index (χ0) is 8.48. The van der Waals surface area contributed by atoms with Crippen LogP contribution in [0.4, 0.5) is 0 Å². The summed E-state index contributed by atoms with van der Waals surface area (Å²) in [5, 5.41) is 9.40. The molecule has 1 radical (unpaired) electrons. The van der Waals surface area contributed by atoms with Crippen molar-refractivity contribution >= 4 is 13.0 Å². The molecule has 0 aromatic carbocycles. The molecule has 1 aliphatic rings. The summed E-state index contributed by atoms with van der Waals surface area (Å²) in [6.07, 6.45) is 0.546. The maximum atomic E-state index is 9.40. The molecule has 4 heteroatoms. The third kappa shape index (κ3) is 2.76. The molecular formula is C7H12BN2O. The molecule has 0 spiro atoms. The quantitative estimate of drug-likeness (QED) is 0.546. The van der Waals surface area contributed by atoms with E-state index in [2.05, 4.69) is 4.99 Å². The first-order valence-electron chi connectivity index (χ1n) is 3.58. The van der Waals surface area contributed by atoms with E-state index in [4.69, 9.17) is 5.73 Å². The number of hydrogen-bond donors (Lipinski definition) is 2. The Balaban J connectivity index is 2.53. The number of aliphatic imine (C=N–C) groups is 1. The fraction of sp³-hybridized carbons (Fsp3) is 0.571. The largest absolute Gasteiger partial charge is 0.395 e. The normalized spacial score (nSPS) is 17.4.